The number of nitrogens with zero attached hydrogens (tertiary/aromatic N) is 1. The first kappa shape index (κ1) is 25.7. The minimum Gasteiger partial charge on any atom is -0.497 e. The molecule has 0 radical (unpaired) electrons. The first-order valence-corrected chi connectivity index (χ1v) is 14.5. The predicted molar refractivity (Wildman–Crippen MR) is 150 cm³/mol. The van der Waals surface area contributed by atoms with Gasteiger partial charge >= 0.3 is 0 Å². The van der Waals surface area contributed by atoms with Crippen molar-refractivity contribution in [2.75, 3.05) is 13.7 Å². The first-order valence-electron chi connectivity index (χ1n) is 13.1. The molecule has 5 heteroatoms. The molecule has 194 valence electrons. The molecule has 1 fully saturated rings. The van der Waals surface area contributed by atoms with Gasteiger partial charge in [0.15, 0.2) is 0 Å². The lowest BCUT2D eigenvalue weighted by atomic mass is 9.63. The van der Waals surface area contributed by atoms with Crippen molar-refractivity contribution in [1.82, 2.24) is 4.31 Å². The van der Waals surface area contributed by atoms with Crippen LogP contribution >= 0.6 is 0 Å². The number of aryl methyl sites for hydroxylation is 3. The van der Waals surface area contributed by atoms with Crippen LogP contribution in [0.5, 0.6) is 5.75 Å². The van der Waals surface area contributed by atoms with Crippen molar-refractivity contribution in [3.63, 3.8) is 0 Å². The molecule has 0 N–H and O–H groups in total. The lowest BCUT2D eigenvalue weighted by Gasteiger charge is -2.40. The Morgan fingerprint density at radius 2 is 1.62 bits per heavy atom. The van der Waals surface area contributed by atoms with Gasteiger partial charge in [-0.25, -0.2) is 8.42 Å². The maximum atomic E-state index is 14.4. The van der Waals surface area contributed by atoms with E-state index >= 15 is 0 Å². The standard InChI is InChI=1S/C32H37NO3S/c1-19(2)31-29-23(6)26-14-13-25(36-7)17-27(26)30(24-11-9-8-10-12-24)28(29)18-33(31)37(34,35)32-21(4)15-20(3)16-22(32)5/h8-17,19,28-31H,6,18H2,1-5,7H3/t28-,29+,30-,31-/m0/s1. The number of sulfonamides is 1. The number of benzene rings is 3. The lowest BCUT2D eigenvalue weighted by Crippen LogP contribution is -2.42. The average Bonchev–Trinajstić information content (AvgIpc) is 3.25. The molecule has 2 aliphatic rings. The number of ether oxygens (including phenoxy) is 1. The number of rotatable bonds is 5. The number of fused-ring (bicyclic) bond motifs is 2. The molecule has 3 aromatic carbocycles. The summed E-state index contributed by atoms with van der Waals surface area (Å²) < 4.78 is 36.3. The highest BCUT2D eigenvalue weighted by Gasteiger charge is 2.55. The molecule has 5 rings (SSSR count). The molecule has 0 spiro atoms. The van der Waals surface area contributed by atoms with Crippen molar-refractivity contribution in [3.8, 4) is 5.75 Å². The van der Waals surface area contributed by atoms with Crippen molar-refractivity contribution in [1.29, 1.82) is 0 Å². The Labute approximate surface area is 222 Å². The van der Waals surface area contributed by atoms with Crippen LogP contribution in [0.15, 0.2) is 72.1 Å². The summed E-state index contributed by atoms with van der Waals surface area (Å²) in [5.41, 5.74) is 7.20. The molecule has 1 heterocycles. The number of methoxy groups -OCH3 is 1. The van der Waals surface area contributed by atoms with Crippen molar-refractivity contribution >= 4 is 15.6 Å². The van der Waals surface area contributed by atoms with Gasteiger partial charge in [0.1, 0.15) is 5.75 Å². The molecule has 4 nitrogen and oxygen atoms in total. The van der Waals surface area contributed by atoms with Crippen LogP contribution in [0.3, 0.4) is 0 Å². The fraction of sp³-hybridized carbons (Fsp3) is 0.375. The summed E-state index contributed by atoms with van der Waals surface area (Å²) >= 11 is 0. The Morgan fingerprint density at radius 1 is 0.973 bits per heavy atom. The summed E-state index contributed by atoms with van der Waals surface area (Å²) in [5, 5.41) is 0. The molecule has 3 aromatic rings. The lowest BCUT2D eigenvalue weighted by molar-refractivity contribution is 0.285. The van der Waals surface area contributed by atoms with E-state index < -0.39 is 10.0 Å². The highest BCUT2D eigenvalue weighted by molar-refractivity contribution is 7.89. The Morgan fingerprint density at radius 3 is 2.22 bits per heavy atom. The van der Waals surface area contributed by atoms with E-state index in [2.05, 4.69) is 56.8 Å². The fourth-order valence-corrected chi connectivity index (χ4v) is 9.29. The molecule has 1 aliphatic heterocycles. The number of hydrogen-bond acceptors (Lipinski definition) is 3. The van der Waals surface area contributed by atoms with E-state index in [0.717, 1.165) is 33.6 Å². The third-order valence-corrected chi connectivity index (χ3v) is 10.5. The van der Waals surface area contributed by atoms with Gasteiger partial charge < -0.3 is 4.74 Å². The van der Waals surface area contributed by atoms with Crippen LogP contribution in [0.2, 0.25) is 0 Å². The Kier molecular flexibility index (Phi) is 6.57. The quantitative estimate of drug-likeness (QED) is 0.378. The SMILES string of the molecule is C=C1c2ccc(OC)cc2[C@H](c2ccccc2)[C@H]2CN(S(=O)(=O)c3c(C)cc(C)cc3C)[C@@H](C(C)C)[C@H]12. The summed E-state index contributed by atoms with van der Waals surface area (Å²) in [6.45, 7) is 15.2. The molecular formula is C32H37NO3S. The second-order valence-corrected chi connectivity index (χ2v) is 12.9. The minimum atomic E-state index is -3.73. The predicted octanol–water partition coefficient (Wildman–Crippen LogP) is 6.74. The van der Waals surface area contributed by atoms with Crippen molar-refractivity contribution < 1.29 is 13.2 Å². The minimum absolute atomic E-state index is 0.0203. The maximum absolute atomic E-state index is 14.4. The van der Waals surface area contributed by atoms with Gasteiger partial charge in [0.25, 0.3) is 0 Å². The van der Waals surface area contributed by atoms with Crippen LogP contribution in [0.1, 0.15) is 53.1 Å². The molecule has 37 heavy (non-hydrogen) atoms. The third-order valence-electron chi connectivity index (χ3n) is 8.34. The summed E-state index contributed by atoms with van der Waals surface area (Å²) in [4.78, 5) is 0.448. The van der Waals surface area contributed by atoms with Crippen molar-refractivity contribution in [2.45, 2.75) is 51.5 Å². The molecule has 1 aliphatic carbocycles. The largest absolute Gasteiger partial charge is 0.497 e. The first-order chi connectivity index (χ1) is 17.6. The van der Waals surface area contributed by atoms with Crippen LogP contribution in [0.4, 0.5) is 0 Å². The number of hydrogen-bond donors (Lipinski definition) is 0. The fourth-order valence-electron chi connectivity index (χ4n) is 7.06. The normalized spacial score (nSPS) is 23.7. The van der Waals surface area contributed by atoms with E-state index in [-0.39, 0.29) is 29.7 Å². The van der Waals surface area contributed by atoms with Crippen molar-refractivity contribution in [3.05, 3.63) is 101 Å². The van der Waals surface area contributed by atoms with E-state index in [4.69, 9.17) is 4.74 Å². The molecule has 0 unspecified atom stereocenters. The monoisotopic (exact) mass is 515 g/mol. The summed E-state index contributed by atoms with van der Waals surface area (Å²) in [5.74, 6) is 1.07. The van der Waals surface area contributed by atoms with Gasteiger partial charge in [0, 0.05) is 24.4 Å². The molecule has 0 bridgehead atoms. The Balaban J connectivity index is 1.71. The van der Waals surface area contributed by atoms with Crippen molar-refractivity contribution in [2.24, 2.45) is 17.8 Å². The second-order valence-electron chi connectivity index (χ2n) is 11.1. The second kappa shape index (κ2) is 9.45. The summed E-state index contributed by atoms with van der Waals surface area (Å²) in [6, 6.07) is 20.5. The van der Waals surface area contributed by atoms with E-state index in [1.165, 1.54) is 11.1 Å². The average molecular weight is 516 g/mol. The van der Waals surface area contributed by atoms with Crippen LogP contribution < -0.4 is 4.74 Å². The topological polar surface area (TPSA) is 46.6 Å². The molecule has 4 atom stereocenters. The van der Waals surface area contributed by atoms with E-state index in [0.29, 0.717) is 11.4 Å². The summed E-state index contributed by atoms with van der Waals surface area (Å²) in [7, 11) is -2.05. The van der Waals surface area contributed by atoms with Gasteiger partial charge in [0.05, 0.1) is 12.0 Å². The van der Waals surface area contributed by atoms with Gasteiger partial charge in [-0.05, 0) is 78.1 Å². The highest BCUT2D eigenvalue weighted by Crippen LogP contribution is 2.56. The third kappa shape index (κ3) is 4.13. The smallest absolute Gasteiger partial charge is 0.243 e. The Bertz CT molecular complexity index is 1440. The van der Waals surface area contributed by atoms with E-state index in [1.54, 1.807) is 7.11 Å². The Hall–Kier alpha value is -2.89. The zero-order valence-corrected chi connectivity index (χ0v) is 23.5. The molecular weight excluding hydrogens is 478 g/mol. The van der Waals surface area contributed by atoms with E-state index in [9.17, 15) is 8.42 Å². The van der Waals surface area contributed by atoms with E-state index in [1.807, 2.05) is 49.3 Å². The molecule has 0 aromatic heterocycles. The zero-order valence-electron chi connectivity index (χ0n) is 22.7. The molecule has 0 saturated carbocycles. The van der Waals surface area contributed by atoms with Crippen LogP contribution in [-0.2, 0) is 10.0 Å². The molecule has 1 saturated heterocycles. The molecule has 0 amide bonds. The van der Waals surface area contributed by atoms with Gasteiger partial charge in [-0.1, -0.05) is 74.5 Å². The van der Waals surface area contributed by atoms with Gasteiger partial charge in [0.2, 0.25) is 10.0 Å². The van der Waals surface area contributed by atoms with Gasteiger partial charge in [-0.2, -0.15) is 4.31 Å². The summed E-state index contributed by atoms with van der Waals surface area (Å²) in [6.07, 6.45) is 0. The van der Waals surface area contributed by atoms with Gasteiger partial charge in [-0.15, -0.1) is 0 Å². The van der Waals surface area contributed by atoms with Crippen LogP contribution in [-0.4, -0.2) is 32.4 Å². The van der Waals surface area contributed by atoms with Crippen LogP contribution in [0, 0.1) is 38.5 Å². The maximum Gasteiger partial charge on any atom is 0.243 e. The van der Waals surface area contributed by atoms with Crippen LogP contribution in [0.25, 0.3) is 5.57 Å². The van der Waals surface area contributed by atoms with Gasteiger partial charge in [-0.3, -0.25) is 0 Å². The zero-order chi connectivity index (χ0) is 26.6. The highest BCUT2D eigenvalue weighted by atomic mass is 32.2.